The number of nitrogens with zero attached hydrogens (tertiary/aromatic N) is 1. The van der Waals surface area contributed by atoms with Crippen LogP contribution in [0.15, 0.2) is 0 Å². The van der Waals surface area contributed by atoms with Gasteiger partial charge in [-0.1, -0.05) is 0 Å². The highest BCUT2D eigenvalue weighted by atomic mass is 16.4. The van der Waals surface area contributed by atoms with Gasteiger partial charge >= 0.3 is 11.9 Å². The molecule has 26 heavy (non-hydrogen) atoms. The molecule has 3 amide bonds. The lowest BCUT2D eigenvalue weighted by Crippen LogP contribution is -2.55. The van der Waals surface area contributed by atoms with E-state index < -0.39 is 60.2 Å². The molecule has 0 bridgehead atoms. The maximum absolute atomic E-state index is 12.5. The predicted octanol–water partition coefficient (Wildman–Crippen LogP) is -2.13. The number of likely N-dealkylation sites (tertiary alicyclic amines) is 1. The van der Waals surface area contributed by atoms with Crippen LogP contribution < -0.4 is 16.4 Å². The largest absolute Gasteiger partial charge is 0.481 e. The average Bonchev–Trinajstić information content (AvgIpc) is 3.02. The number of nitrogens with one attached hydrogen (secondary N) is 2. The molecule has 146 valence electrons. The van der Waals surface area contributed by atoms with Crippen molar-refractivity contribution in [1.29, 1.82) is 0 Å². The third kappa shape index (κ3) is 5.69. The molecule has 6 N–H and O–H groups in total. The van der Waals surface area contributed by atoms with Gasteiger partial charge in [0.2, 0.25) is 17.7 Å². The van der Waals surface area contributed by atoms with Crippen LogP contribution in [0, 0.1) is 0 Å². The molecule has 1 rings (SSSR count). The fourth-order valence-electron chi connectivity index (χ4n) is 2.59. The van der Waals surface area contributed by atoms with Crippen molar-refractivity contribution in [2.75, 3.05) is 6.54 Å². The van der Waals surface area contributed by atoms with Crippen molar-refractivity contribution in [3.8, 4) is 0 Å². The quantitative estimate of drug-likeness (QED) is 0.320. The van der Waals surface area contributed by atoms with E-state index in [0.29, 0.717) is 19.4 Å². The lowest BCUT2D eigenvalue weighted by molar-refractivity contribution is -0.144. The summed E-state index contributed by atoms with van der Waals surface area (Å²) in [6.45, 7) is 3.01. The van der Waals surface area contributed by atoms with Crippen LogP contribution in [0.1, 0.15) is 33.1 Å². The summed E-state index contributed by atoms with van der Waals surface area (Å²) >= 11 is 0. The highest BCUT2D eigenvalue weighted by Crippen LogP contribution is 2.18. The molecule has 1 saturated heterocycles. The first-order chi connectivity index (χ1) is 12.0. The molecule has 0 saturated carbocycles. The number of hydrogen-bond donors (Lipinski definition) is 5. The molecule has 1 aliphatic heterocycles. The second-order valence-electron chi connectivity index (χ2n) is 6.19. The Hall–Kier alpha value is -2.69. The summed E-state index contributed by atoms with van der Waals surface area (Å²) in [4.78, 5) is 59.2. The fourth-order valence-corrected chi connectivity index (χ4v) is 2.59. The van der Waals surface area contributed by atoms with Gasteiger partial charge in [0.15, 0.2) is 0 Å². The van der Waals surface area contributed by atoms with Gasteiger partial charge in [0.05, 0.1) is 12.5 Å². The Morgan fingerprint density at radius 1 is 1.12 bits per heavy atom. The van der Waals surface area contributed by atoms with Crippen LogP contribution in [-0.2, 0) is 24.0 Å². The van der Waals surface area contributed by atoms with Crippen LogP contribution >= 0.6 is 0 Å². The third-order valence-electron chi connectivity index (χ3n) is 4.03. The van der Waals surface area contributed by atoms with E-state index in [0.717, 1.165) is 0 Å². The zero-order chi connectivity index (χ0) is 20.0. The van der Waals surface area contributed by atoms with Crippen molar-refractivity contribution >= 4 is 29.7 Å². The van der Waals surface area contributed by atoms with Crippen LogP contribution in [0.2, 0.25) is 0 Å². The molecule has 1 aliphatic rings. The number of carboxylic acids is 2. The minimum atomic E-state index is -1.29. The van der Waals surface area contributed by atoms with Gasteiger partial charge in [-0.3, -0.25) is 24.0 Å². The summed E-state index contributed by atoms with van der Waals surface area (Å²) in [7, 11) is 0. The summed E-state index contributed by atoms with van der Waals surface area (Å²) in [5.41, 5.74) is 5.44. The van der Waals surface area contributed by atoms with Gasteiger partial charge in [-0.25, -0.2) is 0 Å². The molecule has 0 aromatic heterocycles. The van der Waals surface area contributed by atoms with Gasteiger partial charge in [-0.2, -0.15) is 0 Å². The SMILES string of the molecule is CC(NC(=O)C1CCCN1C(=O)C(C)NC(=O)C(N)CC(=O)O)C(=O)O. The van der Waals surface area contributed by atoms with Crippen molar-refractivity contribution in [1.82, 2.24) is 15.5 Å². The molecular weight excluding hydrogens is 348 g/mol. The van der Waals surface area contributed by atoms with Crippen molar-refractivity contribution in [2.24, 2.45) is 5.73 Å². The molecule has 1 heterocycles. The summed E-state index contributed by atoms with van der Waals surface area (Å²) in [5.74, 6) is -4.32. The lowest BCUT2D eigenvalue weighted by atomic mass is 10.1. The van der Waals surface area contributed by atoms with Crippen molar-refractivity contribution < 1.29 is 34.2 Å². The Morgan fingerprint density at radius 2 is 1.73 bits per heavy atom. The Kier molecular flexibility index (Phi) is 7.50. The Balaban J connectivity index is 2.69. The minimum absolute atomic E-state index is 0.291. The van der Waals surface area contributed by atoms with E-state index in [1.807, 2.05) is 0 Å². The minimum Gasteiger partial charge on any atom is -0.481 e. The first-order valence-electron chi connectivity index (χ1n) is 8.16. The maximum atomic E-state index is 12.5. The van der Waals surface area contributed by atoms with E-state index >= 15 is 0 Å². The molecule has 0 aromatic rings. The maximum Gasteiger partial charge on any atom is 0.325 e. The number of amides is 3. The van der Waals surface area contributed by atoms with Gasteiger partial charge in [0.25, 0.3) is 0 Å². The zero-order valence-corrected chi connectivity index (χ0v) is 14.6. The second-order valence-corrected chi connectivity index (χ2v) is 6.19. The first kappa shape index (κ1) is 21.4. The highest BCUT2D eigenvalue weighted by Gasteiger charge is 2.37. The monoisotopic (exact) mass is 372 g/mol. The van der Waals surface area contributed by atoms with Crippen LogP contribution in [0.25, 0.3) is 0 Å². The van der Waals surface area contributed by atoms with E-state index in [2.05, 4.69) is 10.6 Å². The molecule has 0 radical (unpaired) electrons. The topological polar surface area (TPSA) is 179 Å². The molecule has 0 aromatic carbocycles. The van der Waals surface area contributed by atoms with Crippen LogP contribution in [0.5, 0.6) is 0 Å². The number of aliphatic carboxylic acids is 2. The molecule has 11 nitrogen and oxygen atoms in total. The summed E-state index contributed by atoms with van der Waals surface area (Å²) in [6.07, 6.45) is 0.363. The van der Waals surface area contributed by atoms with E-state index in [-0.39, 0.29) is 0 Å². The number of carbonyl (C=O) groups excluding carboxylic acids is 3. The number of hydrogen-bond acceptors (Lipinski definition) is 6. The Morgan fingerprint density at radius 3 is 2.27 bits per heavy atom. The van der Waals surface area contributed by atoms with Gasteiger partial charge in [0, 0.05) is 6.54 Å². The summed E-state index contributed by atoms with van der Waals surface area (Å²) in [6, 6.07) is -4.22. The smallest absolute Gasteiger partial charge is 0.325 e. The van der Waals surface area contributed by atoms with Gasteiger partial charge in [-0.05, 0) is 26.7 Å². The van der Waals surface area contributed by atoms with Gasteiger partial charge in [0.1, 0.15) is 18.1 Å². The van der Waals surface area contributed by atoms with E-state index in [1.54, 1.807) is 0 Å². The molecule has 4 unspecified atom stereocenters. The second kappa shape index (κ2) is 9.13. The Bertz CT molecular complexity index is 595. The number of nitrogens with two attached hydrogens (primary N) is 1. The van der Waals surface area contributed by atoms with Crippen molar-refractivity contribution in [3.63, 3.8) is 0 Å². The van der Waals surface area contributed by atoms with E-state index in [9.17, 15) is 24.0 Å². The summed E-state index contributed by atoms with van der Waals surface area (Å²) < 4.78 is 0. The Labute approximate surface area is 149 Å². The van der Waals surface area contributed by atoms with E-state index in [1.165, 1.54) is 18.7 Å². The van der Waals surface area contributed by atoms with Crippen LogP contribution in [-0.4, -0.2) is 75.5 Å². The average molecular weight is 372 g/mol. The van der Waals surface area contributed by atoms with Crippen molar-refractivity contribution in [2.45, 2.75) is 57.3 Å². The molecule has 1 fully saturated rings. The van der Waals surface area contributed by atoms with Gasteiger partial charge < -0.3 is 31.5 Å². The predicted molar refractivity (Wildman–Crippen MR) is 87.8 cm³/mol. The van der Waals surface area contributed by atoms with E-state index in [4.69, 9.17) is 15.9 Å². The lowest BCUT2D eigenvalue weighted by Gasteiger charge is -2.28. The molecule has 0 spiro atoms. The fraction of sp³-hybridized carbons (Fsp3) is 0.667. The zero-order valence-electron chi connectivity index (χ0n) is 14.6. The normalized spacial score (nSPS) is 20.0. The third-order valence-corrected chi connectivity index (χ3v) is 4.03. The number of carboxylic acid groups (broad SMARTS) is 2. The van der Waals surface area contributed by atoms with Gasteiger partial charge in [-0.15, -0.1) is 0 Å². The first-order valence-corrected chi connectivity index (χ1v) is 8.16. The molecule has 0 aliphatic carbocycles. The molecule has 11 heteroatoms. The standard InChI is InChI=1S/C15H24N4O7/c1-7(17-12(22)9(16)6-11(20)21)14(24)19-5-3-4-10(19)13(23)18-8(2)15(25)26/h7-10H,3-6,16H2,1-2H3,(H,17,22)(H,18,23)(H,20,21)(H,25,26). The molecular formula is C15H24N4O7. The number of carbonyl (C=O) groups is 5. The highest BCUT2D eigenvalue weighted by molar-refractivity contribution is 5.94. The van der Waals surface area contributed by atoms with Crippen LogP contribution in [0.4, 0.5) is 0 Å². The summed E-state index contributed by atoms with van der Waals surface area (Å²) in [5, 5.41) is 22.1. The molecule has 4 atom stereocenters. The van der Waals surface area contributed by atoms with Crippen LogP contribution in [0.3, 0.4) is 0 Å². The number of rotatable bonds is 8. The van der Waals surface area contributed by atoms with Crippen molar-refractivity contribution in [3.05, 3.63) is 0 Å².